The molecule has 1 amide bonds. The first-order valence-electron chi connectivity index (χ1n) is 7.11. The Labute approximate surface area is 178 Å². The number of halogens is 1. The van der Waals surface area contributed by atoms with E-state index in [1.165, 1.54) is 11.1 Å². The first-order chi connectivity index (χ1) is 10.0. The number of nitrogens with one attached hydrogen (secondary N) is 1. The van der Waals surface area contributed by atoms with Crippen LogP contribution in [-0.4, -0.2) is 10.9 Å². The average Bonchev–Trinajstić information content (AvgIpc) is 2.65. The van der Waals surface area contributed by atoms with Gasteiger partial charge in [0.05, 0.1) is 17.1 Å². The standard InChI is InChI=1S/C17H18ClN2O.K/c1-17(16(19)21)6-4-11-8-13-2-3-14(10-18)20-15(13)9-12(11)5-7-17;/h2-3,8-9H,1,4-7,10H2,(H2,19,21);/q-1;+1/p-1. The Morgan fingerprint density at radius 1 is 1.27 bits per heavy atom. The number of hydrogen-bond donors (Lipinski definition) is 0. The fraction of sp³-hybridized carbons (Fsp3) is 0.353. The van der Waals surface area contributed by atoms with Gasteiger partial charge in [-0.3, -0.25) is 4.98 Å². The number of aryl methyl sites for hydroxylation is 2. The van der Waals surface area contributed by atoms with Gasteiger partial charge in [0.2, 0.25) is 0 Å². The molecule has 1 aromatic heterocycles. The van der Waals surface area contributed by atoms with E-state index in [9.17, 15) is 4.79 Å². The first-order valence-corrected chi connectivity index (χ1v) is 7.64. The molecule has 3 rings (SSSR count). The SMILES string of the molecule is [CH2-]C1(C([NH-])=O)CCc2cc3ccc(CCl)nc3cc2CC1.[K+]. The zero-order valence-corrected chi connectivity index (χ0v) is 16.7. The zero-order valence-electron chi connectivity index (χ0n) is 12.8. The summed E-state index contributed by atoms with van der Waals surface area (Å²) >= 11 is 5.84. The number of rotatable bonds is 2. The molecule has 0 saturated heterocycles. The summed E-state index contributed by atoms with van der Waals surface area (Å²) < 4.78 is 0. The number of hydrogen-bond acceptors (Lipinski definition) is 2. The zero-order chi connectivity index (χ0) is 15.0. The van der Waals surface area contributed by atoms with Crippen molar-refractivity contribution in [1.29, 1.82) is 0 Å². The third-order valence-electron chi connectivity index (χ3n) is 4.43. The minimum Gasteiger partial charge on any atom is -0.670 e. The van der Waals surface area contributed by atoms with Gasteiger partial charge < -0.3 is 17.5 Å². The number of aromatic nitrogens is 1. The molecule has 0 fully saturated rings. The monoisotopic (exact) mass is 339 g/mol. The van der Waals surface area contributed by atoms with E-state index in [4.69, 9.17) is 17.3 Å². The third-order valence-corrected chi connectivity index (χ3v) is 4.71. The van der Waals surface area contributed by atoms with Crippen molar-refractivity contribution in [2.45, 2.75) is 31.6 Å². The molecular weight excluding hydrogens is 323 g/mol. The van der Waals surface area contributed by atoms with Crippen LogP contribution in [-0.2, 0) is 23.5 Å². The van der Waals surface area contributed by atoms with E-state index in [0.717, 1.165) is 29.4 Å². The fourth-order valence-corrected chi connectivity index (χ4v) is 3.09. The van der Waals surface area contributed by atoms with Gasteiger partial charge in [0, 0.05) is 11.3 Å². The smallest absolute Gasteiger partial charge is 0.670 e. The molecule has 1 aromatic carbocycles. The van der Waals surface area contributed by atoms with Crippen LogP contribution in [0.1, 0.15) is 29.7 Å². The Hall–Kier alpha value is 0.0264. The van der Waals surface area contributed by atoms with Crippen molar-refractivity contribution in [3.05, 3.63) is 53.7 Å². The molecular formula is C17H17ClKN2O-. The Morgan fingerprint density at radius 2 is 1.91 bits per heavy atom. The second-order valence-electron chi connectivity index (χ2n) is 5.86. The van der Waals surface area contributed by atoms with Crippen molar-refractivity contribution in [1.82, 2.24) is 4.98 Å². The van der Waals surface area contributed by atoms with Crippen molar-refractivity contribution < 1.29 is 56.2 Å². The van der Waals surface area contributed by atoms with Gasteiger partial charge in [-0.2, -0.15) is 0 Å². The number of fused-ring (bicyclic) bond motifs is 2. The third kappa shape index (κ3) is 3.58. The number of carbonyl (C=O) groups is 1. The molecule has 110 valence electrons. The topological polar surface area (TPSA) is 53.8 Å². The van der Waals surface area contributed by atoms with E-state index in [1.54, 1.807) is 0 Å². The summed E-state index contributed by atoms with van der Waals surface area (Å²) in [4.78, 5) is 16.1. The molecule has 0 radical (unpaired) electrons. The number of nitrogens with zero attached hydrogens (tertiary/aromatic N) is 1. The van der Waals surface area contributed by atoms with E-state index >= 15 is 0 Å². The second kappa shape index (κ2) is 7.28. The molecule has 2 aromatic rings. The first kappa shape index (κ1) is 18.4. The maximum absolute atomic E-state index is 11.5. The quantitative estimate of drug-likeness (QED) is 0.358. The van der Waals surface area contributed by atoms with Crippen LogP contribution in [0, 0.1) is 12.3 Å². The summed E-state index contributed by atoms with van der Waals surface area (Å²) in [5, 5.41) is 1.09. The molecule has 0 saturated carbocycles. The van der Waals surface area contributed by atoms with Crippen LogP contribution in [0.4, 0.5) is 0 Å². The molecule has 0 aliphatic heterocycles. The average molecular weight is 340 g/mol. The minimum atomic E-state index is -0.764. The predicted octanol–water partition coefficient (Wildman–Crippen LogP) is 1.26. The molecule has 5 heteroatoms. The summed E-state index contributed by atoms with van der Waals surface area (Å²) in [7, 11) is 0. The summed E-state index contributed by atoms with van der Waals surface area (Å²) in [5.74, 6) is -0.148. The van der Waals surface area contributed by atoms with Gasteiger partial charge in [-0.05, 0) is 42.2 Å². The Balaban J connectivity index is 0.00000176. The molecule has 1 N–H and O–H groups in total. The Morgan fingerprint density at radius 3 is 2.50 bits per heavy atom. The van der Waals surface area contributed by atoms with E-state index < -0.39 is 11.3 Å². The van der Waals surface area contributed by atoms with Crippen molar-refractivity contribution in [3.63, 3.8) is 0 Å². The van der Waals surface area contributed by atoms with Crippen LogP contribution in [0.25, 0.3) is 16.6 Å². The van der Waals surface area contributed by atoms with Crippen molar-refractivity contribution in [2.24, 2.45) is 5.41 Å². The number of amides is 1. The summed E-state index contributed by atoms with van der Waals surface area (Å²) in [5.41, 5.74) is 11.0. The minimum absolute atomic E-state index is 0. The molecule has 22 heavy (non-hydrogen) atoms. The van der Waals surface area contributed by atoms with E-state index in [0.29, 0.717) is 18.7 Å². The van der Waals surface area contributed by atoms with Gasteiger partial charge in [0.15, 0.2) is 0 Å². The predicted molar refractivity (Wildman–Crippen MR) is 85.1 cm³/mol. The number of carbonyl (C=O) groups excluding carboxylic acids is 1. The van der Waals surface area contributed by atoms with Gasteiger partial charge >= 0.3 is 51.4 Å². The molecule has 1 heterocycles. The molecule has 0 spiro atoms. The van der Waals surface area contributed by atoms with Crippen molar-refractivity contribution in [2.75, 3.05) is 0 Å². The Bertz CT molecular complexity index is 719. The fourth-order valence-electron chi connectivity index (χ4n) is 2.94. The summed E-state index contributed by atoms with van der Waals surface area (Å²) in [6.07, 6.45) is 2.83. The molecule has 1 aliphatic rings. The summed E-state index contributed by atoms with van der Waals surface area (Å²) in [6.45, 7) is 4.00. The normalized spacial score (nSPS) is 20.8. The van der Waals surface area contributed by atoms with Crippen LogP contribution in [0.2, 0.25) is 0 Å². The van der Waals surface area contributed by atoms with Gasteiger partial charge in [-0.15, -0.1) is 17.0 Å². The van der Waals surface area contributed by atoms with Crippen LogP contribution in [0.3, 0.4) is 0 Å². The van der Waals surface area contributed by atoms with Crippen LogP contribution < -0.4 is 51.4 Å². The van der Waals surface area contributed by atoms with E-state index in [2.05, 4.69) is 24.0 Å². The molecule has 1 unspecified atom stereocenters. The second-order valence-corrected chi connectivity index (χ2v) is 6.13. The van der Waals surface area contributed by atoms with Gasteiger partial charge in [-0.1, -0.05) is 18.9 Å². The van der Waals surface area contributed by atoms with Crippen LogP contribution >= 0.6 is 11.6 Å². The maximum atomic E-state index is 11.5. The van der Waals surface area contributed by atoms with Crippen molar-refractivity contribution in [3.8, 4) is 0 Å². The van der Waals surface area contributed by atoms with Crippen molar-refractivity contribution >= 4 is 28.4 Å². The van der Waals surface area contributed by atoms with Gasteiger partial charge in [-0.25, -0.2) is 0 Å². The molecule has 1 atom stereocenters. The van der Waals surface area contributed by atoms with E-state index in [-0.39, 0.29) is 51.4 Å². The Kier molecular flexibility index (Phi) is 6.08. The van der Waals surface area contributed by atoms with Gasteiger partial charge in [0.1, 0.15) is 0 Å². The number of benzene rings is 1. The maximum Gasteiger partial charge on any atom is 1.00 e. The number of alkyl halides is 1. The molecule has 0 bridgehead atoms. The largest absolute Gasteiger partial charge is 1.00 e. The molecule has 3 nitrogen and oxygen atoms in total. The van der Waals surface area contributed by atoms with Crippen LogP contribution in [0.5, 0.6) is 0 Å². The number of pyridine rings is 1. The van der Waals surface area contributed by atoms with Gasteiger partial charge in [0.25, 0.3) is 0 Å². The van der Waals surface area contributed by atoms with E-state index in [1.807, 2.05) is 12.1 Å². The van der Waals surface area contributed by atoms with Crippen LogP contribution in [0.15, 0.2) is 24.3 Å². The summed E-state index contributed by atoms with van der Waals surface area (Å²) in [6, 6.07) is 8.23. The molecule has 1 aliphatic carbocycles.